The number of hydrogen-bond donors (Lipinski definition) is 1. The van der Waals surface area contributed by atoms with Gasteiger partial charge < -0.3 is 5.11 Å². The monoisotopic (exact) mass is 213 g/mol. The Hall–Kier alpha value is -0.520. The molecule has 14 heavy (non-hydrogen) atoms. The van der Waals surface area contributed by atoms with Crippen LogP contribution in [0.4, 0.5) is 13.2 Å². The molecule has 0 aliphatic heterocycles. The van der Waals surface area contributed by atoms with E-state index in [1.54, 1.807) is 0 Å². The second-order valence-electron chi connectivity index (χ2n) is 2.35. The van der Waals surface area contributed by atoms with Gasteiger partial charge in [-0.05, 0) is 12.1 Å². The standard InChI is InChI=1S/C8H5F3O2.Na/c9-8(10,11)6-4-2-1-3-5(6)7(12)13;/h1-4H,(H,12,13);. The van der Waals surface area contributed by atoms with Crippen LogP contribution < -0.4 is 0 Å². The molecule has 0 aliphatic rings. The van der Waals surface area contributed by atoms with Crippen molar-refractivity contribution in [3.05, 3.63) is 35.4 Å². The summed E-state index contributed by atoms with van der Waals surface area (Å²) in [7, 11) is 0. The van der Waals surface area contributed by atoms with Gasteiger partial charge in [0.15, 0.2) is 0 Å². The summed E-state index contributed by atoms with van der Waals surface area (Å²) in [4.78, 5) is 10.4. The summed E-state index contributed by atoms with van der Waals surface area (Å²) in [5.74, 6) is -1.58. The number of aromatic carboxylic acids is 1. The molecule has 0 saturated carbocycles. The van der Waals surface area contributed by atoms with E-state index in [0.717, 1.165) is 18.2 Å². The van der Waals surface area contributed by atoms with E-state index in [9.17, 15) is 18.0 Å². The second-order valence-corrected chi connectivity index (χ2v) is 2.35. The van der Waals surface area contributed by atoms with Crippen molar-refractivity contribution in [3.63, 3.8) is 0 Å². The molecule has 1 rings (SSSR count). The fourth-order valence-electron chi connectivity index (χ4n) is 0.917. The average Bonchev–Trinajstić information content (AvgIpc) is 2.03. The molecular formula is C8H5F3NaO2. The molecule has 0 aliphatic carbocycles. The van der Waals surface area contributed by atoms with Crippen LogP contribution in [0.5, 0.6) is 0 Å². The van der Waals surface area contributed by atoms with Gasteiger partial charge in [0.1, 0.15) is 0 Å². The second kappa shape index (κ2) is 4.82. The fourth-order valence-corrected chi connectivity index (χ4v) is 0.917. The number of benzene rings is 1. The van der Waals surface area contributed by atoms with Crippen molar-refractivity contribution in [2.45, 2.75) is 6.18 Å². The predicted octanol–water partition coefficient (Wildman–Crippen LogP) is 2.02. The third-order valence-corrected chi connectivity index (χ3v) is 1.46. The molecule has 71 valence electrons. The van der Waals surface area contributed by atoms with Crippen LogP contribution in [-0.4, -0.2) is 40.6 Å². The van der Waals surface area contributed by atoms with Crippen LogP contribution in [0.3, 0.4) is 0 Å². The molecule has 6 heteroatoms. The Morgan fingerprint density at radius 1 is 1.21 bits per heavy atom. The molecule has 0 atom stereocenters. The van der Waals surface area contributed by atoms with Crippen molar-refractivity contribution in [1.29, 1.82) is 0 Å². The number of rotatable bonds is 1. The van der Waals surface area contributed by atoms with E-state index in [1.807, 2.05) is 0 Å². The summed E-state index contributed by atoms with van der Waals surface area (Å²) >= 11 is 0. The topological polar surface area (TPSA) is 37.3 Å². The number of hydrogen-bond acceptors (Lipinski definition) is 1. The predicted molar refractivity (Wildman–Crippen MR) is 44.2 cm³/mol. The average molecular weight is 213 g/mol. The quantitative estimate of drug-likeness (QED) is 0.724. The molecule has 0 aromatic heterocycles. The van der Waals surface area contributed by atoms with Crippen molar-refractivity contribution in [2.24, 2.45) is 0 Å². The van der Waals surface area contributed by atoms with Gasteiger partial charge in [0.2, 0.25) is 0 Å². The third kappa shape index (κ3) is 3.01. The smallest absolute Gasteiger partial charge is 0.417 e. The molecule has 0 spiro atoms. The van der Waals surface area contributed by atoms with Crippen molar-refractivity contribution in [2.75, 3.05) is 0 Å². The Bertz CT molecular complexity index is 336. The Labute approximate surface area is 100 Å². The van der Waals surface area contributed by atoms with Crippen LogP contribution in [0.15, 0.2) is 24.3 Å². The van der Waals surface area contributed by atoms with E-state index in [2.05, 4.69) is 0 Å². The number of carboxylic acids is 1. The molecule has 1 radical (unpaired) electrons. The van der Waals surface area contributed by atoms with Crippen LogP contribution in [0, 0.1) is 0 Å². The van der Waals surface area contributed by atoms with Gasteiger partial charge in [-0.3, -0.25) is 0 Å². The zero-order valence-corrected chi connectivity index (χ0v) is 9.30. The molecule has 0 amide bonds. The van der Waals surface area contributed by atoms with Gasteiger partial charge in [0, 0.05) is 29.6 Å². The van der Waals surface area contributed by atoms with Crippen LogP contribution in [-0.2, 0) is 6.18 Å². The Morgan fingerprint density at radius 2 is 1.71 bits per heavy atom. The Balaban J connectivity index is 0.00000169. The first-order chi connectivity index (χ1) is 5.93. The first-order valence-electron chi connectivity index (χ1n) is 3.32. The Morgan fingerprint density at radius 3 is 2.07 bits per heavy atom. The van der Waals surface area contributed by atoms with Crippen molar-refractivity contribution >= 4 is 35.5 Å². The first kappa shape index (κ1) is 13.5. The van der Waals surface area contributed by atoms with E-state index >= 15 is 0 Å². The van der Waals surface area contributed by atoms with Gasteiger partial charge in [-0.15, -0.1) is 0 Å². The van der Waals surface area contributed by atoms with E-state index in [1.165, 1.54) is 6.07 Å². The molecular weight excluding hydrogens is 208 g/mol. The fraction of sp³-hybridized carbons (Fsp3) is 0.125. The summed E-state index contributed by atoms with van der Waals surface area (Å²) in [6.45, 7) is 0. The van der Waals surface area contributed by atoms with Gasteiger partial charge in [-0.1, -0.05) is 12.1 Å². The van der Waals surface area contributed by atoms with Gasteiger partial charge in [0.25, 0.3) is 0 Å². The Kier molecular flexibility index (Phi) is 4.64. The van der Waals surface area contributed by atoms with Gasteiger partial charge >= 0.3 is 12.1 Å². The molecule has 1 aromatic rings. The van der Waals surface area contributed by atoms with Gasteiger partial charge in [-0.2, -0.15) is 13.2 Å². The van der Waals surface area contributed by atoms with Crippen LogP contribution in [0.25, 0.3) is 0 Å². The maximum absolute atomic E-state index is 12.1. The van der Waals surface area contributed by atoms with Crippen LogP contribution in [0.2, 0.25) is 0 Å². The van der Waals surface area contributed by atoms with E-state index in [0.29, 0.717) is 0 Å². The molecule has 0 bridgehead atoms. The normalized spacial score (nSPS) is 10.5. The van der Waals surface area contributed by atoms with E-state index < -0.39 is 23.3 Å². The van der Waals surface area contributed by atoms with Crippen LogP contribution >= 0.6 is 0 Å². The zero-order valence-electron chi connectivity index (χ0n) is 7.30. The maximum atomic E-state index is 12.1. The van der Waals surface area contributed by atoms with E-state index in [-0.39, 0.29) is 29.6 Å². The summed E-state index contributed by atoms with van der Waals surface area (Å²) in [6.07, 6.45) is -4.62. The first-order valence-corrected chi connectivity index (χ1v) is 3.32. The molecule has 0 unspecified atom stereocenters. The zero-order chi connectivity index (χ0) is 10.1. The minimum atomic E-state index is -4.62. The van der Waals surface area contributed by atoms with Crippen LogP contribution in [0.1, 0.15) is 15.9 Å². The SMILES string of the molecule is O=C(O)c1ccccc1C(F)(F)F.[Na]. The van der Waals surface area contributed by atoms with Crippen molar-refractivity contribution in [3.8, 4) is 0 Å². The van der Waals surface area contributed by atoms with Crippen molar-refractivity contribution in [1.82, 2.24) is 0 Å². The molecule has 2 nitrogen and oxygen atoms in total. The number of halogens is 3. The summed E-state index contributed by atoms with van der Waals surface area (Å²) in [6, 6.07) is 4.06. The number of carbonyl (C=O) groups is 1. The van der Waals surface area contributed by atoms with Gasteiger partial charge in [0.05, 0.1) is 11.1 Å². The number of alkyl halides is 3. The minimum absolute atomic E-state index is 0. The summed E-state index contributed by atoms with van der Waals surface area (Å²) < 4.78 is 36.4. The third-order valence-electron chi connectivity index (χ3n) is 1.46. The van der Waals surface area contributed by atoms with Crippen molar-refractivity contribution < 1.29 is 23.1 Å². The number of carboxylic acid groups (broad SMARTS) is 1. The minimum Gasteiger partial charge on any atom is -0.478 e. The maximum Gasteiger partial charge on any atom is 0.417 e. The summed E-state index contributed by atoms with van der Waals surface area (Å²) in [5, 5.41) is 8.43. The van der Waals surface area contributed by atoms with Gasteiger partial charge in [-0.25, -0.2) is 4.79 Å². The molecule has 1 N–H and O–H groups in total. The molecule has 1 aromatic carbocycles. The molecule has 0 saturated heterocycles. The largest absolute Gasteiger partial charge is 0.478 e. The summed E-state index contributed by atoms with van der Waals surface area (Å²) in [5.41, 5.74) is -1.85. The molecule has 0 fully saturated rings. The van der Waals surface area contributed by atoms with E-state index in [4.69, 9.17) is 5.11 Å². The molecule has 0 heterocycles.